The third-order valence-electron chi connectivity index (χ3n) is 4.05. The van der Waals surface area contributed by atoms with E-state index in [1.807, 2.05) is 32.9 Å². The highest BCUT2D eigenvalue weighted by Crippen LogP contribution is 2.29. The number of anilines is 1. The van der Waals surface area contributed by atoms with Gasteiger partial charge in [-0.15, -0.1) is 0 Å². The van der Waals surface area contributed by atoms with Gasteiger partial charge in [-0.05, 0) is 45.7 Å². The number of hydrogen-bond donors (Lipinski definition) is 1. The van der Waals surface area contributed by atoms with Crippen LogP contribution in [0, 0.1) is 0 Å². The van der Waals surface area contributed by atoms with E-state index in [2.05, 4.69) is 20.2 Å². The van der Waals surface area contributed by atoms with E-state index in [-0.39, 0.29) is 12.1 Å². The van der Waals surface area contributed by atoms with Crippen molar-refractivity contribution >= 4 is 34.3 Å². The molecule has 0 aliphatic carbocycles. The van der Waals surface area contributed by atoms with Crippen LogP contribution in [0.15, 0.2) is 24.5 Å². The number of piperidine rings is 1. The lowest BCUT2D eigenvalue weighted by molar-refractivity contribution is 0.0500. The summed E-state index contributed by atoms with van der Waals surface area (Å²) in [4.78, 5) is 22.7. The summed E-state index contributed by atoms with van der Waals surface area (Å²) < 4.78 is 5.36. The number of halogens is 1. The van der Waals surface area contributed by atoms with Crippen molar-refractivity contribution in [2.45, 2.75) is 45.3 Å². The molecule has 1 N–H and O–H groups in total. The van der Waals surface area contributed by atoms with Gasteiger partial charge in [0.1, 0.15) is 10.8 Å². The molecule has 0 aromatic carbocycles. The summed E-state index contributed by atoms with van der Waals surface area (Å²) in [6.45, 7) is 7.23. The van der Waals surface area contributed by atoms with Gasteiger partial charge in [0.2, 0.25) is 0 Å². The van der Waals surface area contributed by atoms with Gasteiger partial charge in [0.25, 0.3) is 0 Å². The van der Waals surface area contributed by atoms with E-state index in [0.717, 1.165) is 42.5 Å². The Morgan fingerprint density at radius 2 is 2.20 bits per heavy atom. The minimum absolute atomic E-state index is 0.0455. The highest BCUT2D eigenvalue weighted by atomic mass is 35.5. The first-order valence-electron chi connectivity index (χ1n) is 8.46. The number of carbonyl (C=O) groups is 1. The van der Waals surface area contributed by atoms with Gasteiger partial charge in [0, 0.05) is 36.4 Å². The van der Waals surface area contributed by atoms with Crippen LogP contribution in [0.2, 0.25) is 5.15 Å². The van der Waals surface area contributed by atoms with Crippen LogP contribution in [0.1, 0.15) is 33.6 Å². The number of amides is 1. The van der Waals surface area contributed by atoms with Gasteiger partial charge in [0.15, 0.2) is 0 Å². The molecule has 0 radical (unpaired) electrons. The van der Waals surface area contributed by atoms with Gasteiger partial charge in [-0.1, -0.05) is 11.6 Å². The summed E-state index contributed by atoms with van der Waals surface area (Å²) in [6.07, 6.45) is 5.01. The summed E-state index contributed by atoms with van der Waals surface area (Å²) in [7, 11) is 0. The number of alkyl carbamates (subject to hydrolysis) is 1. The quantitative estimate of drug-likeness (QED) is 0.823. The Hall–Kier alpha value is -2.08. The Labute approximate surface area is 152 Å². The van der Waals surface area contributed by atoms with Gasteiger partial charge >= 0.3 is 6.09 Å². The molecule has 25 heavy (non-hydrogen) atoms. The zero-order valence-electron chi connectivity index (χ0n) is 14.8. The van der Waals surface area contributed by atoms with Gasteiger partial charge in [-0.2, -0.15) is 0 Å². The van der Waals surface area contributed by atoms with Crippen molar-refractivity contribution in [2.24, 2.45) is 0 Å². The monoisotopic (exact) mass is 362 g/mol. The Morgan fingerprint density at radius 3 is 2.96 bits per heavy atom. The topological polar surface area (TPSA) is 67.3 Å². The van der Waals surface area contributed by atoms with Crippen LogP contribution in [0.25, 0.3) is 10.9 Å². The molecule has 0 saturated carbocycles. The van der Waals surface area contributed by atoms with E-state index in [0.29, 0.717) is 5.15 Å². The summed E-state index contributed by atoms with van der Waals surface area (Å²) >= 11 is 6.06. The van der Waals surface area contributed by atoms with Crippen LogP contribution in [0.4, 0.5) is 10.5 Å². The highest BCUT2D eigenvalue weighted by Gasteiger charge is 2.25. The minimum Gasteiger partial charge on any atom is -0.444 e. The van der Waals surface area contributed by atoms with Crippen LogP contribution < -0.4 is 10.2 Å². The molecule has 1 amide bonds. The fourth-order valence-electron chi connectivity index (χ4n) is 3.07. The average Bonchev–Trinajstić information content (AvgIpc) is 2.52. The number of rotatable bonds is 2. The Morgan fingerprint density at radius 1 is 1.40 bits per heavy atom. The second-order valence-corrected chi connectivity index (χ2v) is 7.67. The number of nitrogens with zero attached hydrogens (tertiary/aromatic N) is 3. The Kier molecular flexibility index (Phi) is 4.99. The van der Waals surface area contributed by atoms with Crippen molar-refractivity contribution in [3.63, 3.8) is 0 Å². The number of carbonyl (C=O) groups excluding carboxylic acids is 1. The normalized spacial score (nSPS) is 18.2. The van der Waals surface area contributed by atoms with Crippen LogP contribution in [-0.2, 0) is 4.74 Å². The molecule has 134 valence electrons. The molecule has 2 aromatic rings. The van der Waals surface area contributed by atoms with Gasteiger partial charge in [0.05, 0.1) is 11.7 Å². The average molecular weight is 363 g/mol. The SMILES string of the molecule is CC(C)(C)OC(=O)NC1CCCN(c2ccnc3cnc(Cl)cc23)C1. The van der Waals surface area contributed by atoms with E-state index < -0.39 is 5.60 Å². The smallest absolute Gasteiger partial charge is 0.407 e. The molecule has 3 heterocycles. The van der Waals surface area contributed by atoms with Crippen molar-refractivity contribution in [3.05, 3.63) is 29.7 Å². The molecule has 1 unspecified atom stereocenters. The summed E-state index contributed by atoms with van der Waals surface area (Å²) in [6, 6.07) is 3.86. The van der Waals surface area contributed by atoms with E-state index in [1.54, 1.807) is 12.4 Å². The van der Waals surface area contributed by atoms with Gasteiger partial charge < -0.3 is 15.0 Å². The van der Waals surface area contributed by atoms with E-state index in [1.165, 1.54) is 0 Å². The maximum atomic E-state index is 12.0. The molecule has 1 aliphatic rings. The molecule has 7 heteroatoms. The largest absolute Gasteiger partial charge is 0.444 e. The van der Waals surface area contributed by atoms with E-state index >= 15 is 0 Å². The number of nitrogens with one attached hydrogen (secondary N) is 1. The number of ether oxygens (including phenoxy) is 1. The first-order valence-corrected chi connectivity index (χ1v) is 8.84. The summed E-state index contributed by atoms with van der Waals surface area (Å²) in [5, 5.41) is 4.40. The Bertz CT molecular complexity index is 775. The van der Waals surface area contributed by atoms with Crippen LogP contribution in [0.5, 0.6) is 0 Å². The molecule has 1 aliphatic heterocycles. The molecule has 1 atom stereocenters. The van der Waals surface area contributed by atoms with Crippen molar-refractivity contribution in [3.8, 4) is 0 Å². The van der Waals surface area contributed by atoms with Crippen molar-refractivity contribution in [1.82, 2.24) is 15.3 Å². The van der Waals surface area contributed by atoms with Crippen molar-refractivity contribution < 1.29 is 9.53 Å². The molecule has 6 nitrogen and oxygen atoms in total. The Balaban J connectivity index is 1.76. The maximum absolute atomic E-state index is 12.0. The lowest BCUT2D eigenvalue weighted by Crippen LogP contribution is -2.49. The predicted molar refractivity (Wildman–Crippen MR) is 99.2 cm³/mol. The lowest BCUT2D eigenvalue weighted by atomic mass is 10.0. The molecule has 0 bridgehead atoms. The van der Waals surface area contributed by atoms with Gasteiger partial charge in [-0.25, -0.2) is 9.78 Å². The maximum Gasteiger partial charge on any atom is 0.407 e. The molecule has 2 aromatic heterocycles. The zero-order chi connectivity index (χ0) is 18.0. The third-order valence-corrected chi connectivity index (χ3v) is 4.26. The van der Waals surface area contributed by atoms with Crippen molar-refractivity contribution in [1.29, 1.82) is 0 Å². The second-order valence-electron chi connectivity index (χ2n) is 7.29. The molecule has 3 rings (SSSR count). The van der Waals surface area contributed by atoms with Crippen LogP contribution in [0.3, 0.4) is 0 Å². The predicted octanol–water partition coefficient (Wildman–Crippen LogP) is 3.78. The molecular formula is C18H23ClN4O2. The standard InChI is InChI=1S/C18H23ClN4O2/c1-18(2,3)25-17(24)22-12-5-4-8-23(11-12)15-6-7-20-14-10-21-16(19)9-13(14)15/h6-7,9-10,12H,4-5,8,11H2,1-3H3,(H,22,24). The number of hydrogen-bond acceptors (Lipinski definition) is 5. The first kappa shape index (κ1) is 17.7. The zero-order valence-corrected chi connectivity index (χ0v) is 15.5. The lowest BCUT2D eigenvalue weighted by Gasteiger charge is -2.35. The minimum atomic E-state index is -0.497. The molecule has 1 fully saturated rings. The van der Waals surface area contributed by atoms with Crippen LogP contribution in [-0.4, -0.2) is 40.8 Å². The summed E-state index contributed by atoms with van der Waals surface area (Å²) in [5.74, 6) is 0. The number of fused-ring (bicyclic) bond motifs is 1. The van der Waals surface area contributed by atoms with Crippen molar-refractivity contribution in [2.75, 3.05) is 18.0 Å². The highest BCUT2D eigenvalue weighted by molar-refractivity contribution is 6.30. The molecule has 1 saturated heterocycles. The third kappa shape index (κ3) is 4.51. The van der Waals surface area contributed by atoms with Crippen LogP contribution >= 0.6 is 11.6 Å². The fraction of sp³-hybridized carbons (Fsp3) is 0.500. The fourth-order valence-corrected chi connectivity index (χ4v) is 3.23. The molecule has 0 spiro atoms. The molecular weight excluding hydrogens is 340 g/mol. The number of pyridine rings is 2. The number of aromatic nitrogens is 2. The first-order chi connectivity index (χ1) is 11.8. The second kappa shape index (κ2) is 7.04. The van der Waals surface area contributed by atoms with Gasteiger partial charge in [-0.3, -0.25) is 4.98 Å². The van der Waals surface area contributed by atoms with E-state index in [9.17, 15) is 4.79 Å². The summed E-state index contributed by atoms with van der Waals surface area (Å²) in [5.41, 5.74) is 1.37. The van der Waals surface area contributed by atoms with E-state index in [4.69, 9.17) is 16.3 Å².